The lowest BCUT2D eigenvalue weighted by Crippen LogP contribution is -2.33. The van der Waals surface area contributed by atoms with Crippen molar-refractivity contribution in [2.24, 2.45) is 0 Å². The van der Waals surface area contributed by atoms with Crippen molar-refractivity contribution in [3.63, 3.8) is 0 Å². The topological polar surface area (TPSA) is 30.9 Å². The molecule has 138 valence electrons. The van der Waals surface area contributed by atoms with E-state index in [1.807, 2.05) is 41.4 Å². The van der Waals surface area contributed by atoms with E-state index in [2.05, 4.69) is 17.0 Å². The van der Waals surface area contributed by atoms with Gasteiger partial charge < -0.3 is 19.1 Å². The normalized spacial score (nSPS) is 19.3. The standard InChI is InChI=1S/C19H20ClNO3S2/c1-22-16-8-14(9-17(23-2)18(16)24-3)21-15(10-25)11-26-19(21)12-4-6-13(20)7-5-12/h4-10,15,19H,11H2,1-3H3. The van der Waals surface area contributed by atoms with Crippen molar-refractivity contribution in [1.29, 1.82) is 0 Å². The van der Waals surface area contributed by atoms with Crippen molar-refractivity contribution in [1.82, 2.24) is 0 Å². The number of nitrogens with zero attached hydrogens (tertiary/aromatic N) is 1. The second-order valence-electron chi connectivity index (χ2n) is 5.73. The SMILES string of the molecule is COc1cc(N2C(C=S)CSC2c2ccc(Cl)cc2)cc(OC)c1OC. The highest BCUT2D eigenvalue weighted by Gasteiger charge is 2.35. The number of ether oxygens (including phenoxy) is 3. The summed E-state index contributed by atoms with van der Waals surface area (Å²) in [4.78, 5) is 2.28. The van der Waals surface area contributed by atoms with Gasteiger partial charge in [-0.2, -0.15) is 0 Å². The Labute approximate surface area is 168 Å². The first-order valence-electron chi connectivity index (χ1n) is 8.03. The van der Waals surface area contributed by atoms with Gasteiger partial charge in [0.1, 0.15) is 5.37 Å². The summed E-state index contributed by atoms with van der Waals surface area (Å²) in [7, 11) is 4.84. The quantitative estimate of drug-likeness (QED) is 0.625. The maximum Gasteiger partial charge on any atom is 0.203 e. The Morgan fingerprint density at radius 2 is 1.69 bits per heavy atom. The van der Waals surface area contributed by atoms with Gasteiger partial charge in [0.05, 0.1) is 27.4 Å². The highest BCUT2D eigenvalue weighted by atomic mass is 35.5. The summed E-state index contributed by atoms with van der Waals surface area (Å²) in [6.07, 6.45) is 0. The molecule has 0 radical (unpaired) electrons. The molecule has 1 saturated heterocycles. The number of halogens is 1. The van der Waals surface area contributed by atoms with E-state index < -0.39 is 0 Å². The van der Waals surface area contributed by atoms with E-state index in [0.29, 0.717) is 17.2 Å². The molecule has 1 heterocycles. The molecular weight excluding hydrogens is 390 g/mol. The summed E-state index contributed by atoms with van der Waals surface area (Å²) in [6, 6.07) is 12.0. The molecule has 1 aliphatic heterocycles. The molecule has 0 amide bonds. The lowest BCUT2D eigenvalue weighted by molar-refractivity contribution is 0.324. The van der Waals surface area contributed by atoms with Crippen molar-refractivity contribution in [3.05, 3.63) is 47.0 Å². The Balaban J connectivity index is 2.08. The Morgan fingerprint density at radius 3 is 2.19 bits per heavy atom. The molecule has 4 nitrogen and oxygen atoms in total. The molecule has 2 unspecified atom stereocenters. The van der Waals surface area contributed by atoms with Crippen LogP contribution in [0.4, 0.5) is 5.69 Å². The number of anilines is 1. The lowest BCUT2D eigenvalue weighted by Gasteiger charge is -2.31. The summed E-state index contributed by atoms with van der Waals surface area (Å²) in [5.74, 6) is 2.73. The van der Waals surface area contributed by atoms with Crippen LogP contribution in [0, 0.1) is 0 Å². The monoisotopic (exact) mass is 409 g/mol. The van der Waals surface area contributed by atoms with Crippen LogP contribution in [-0.2, 0) is 0 Å². The van der Waals surface area contributed by atoms with Crippen LogP contribution in [0.3, 0.4) is 0 Å². The predicted molar refractivity (Wildman–Crippen MR) is 113 cm³/mol. The maximum absolute atomic E-state index is 6.05. The highest BCUT2D eigenvalue weighted by Crippen LogP contribution is 2.48. The van der Waals surface area contributed by atoms with Gasteiger partial charge in [0.25, 0.3) is 0 Å². The molecule has 2 atom stereocenters. The van der Waals surface area contributed by atoms with Crippen molar-refractivity contribution < 1.29 is 14.2 Å². The van der Waals surface area contributed by atoms with Crippen LogP contribution >= 0.6 is 35.6 Å². The molecule has 0 N–H and O–H groups in total. The second-order valence-corrected chi connectivity index (χ2v) is 7.55. The first-order chi connectivity index (χ1) is 12.6. The molecular formula is C19H20ClNO3S2. The molecule has 2 aromatic rings. The van der Waals surface area contributed by atoms with E-state index in [1.54, 1.807) is 21.3 Å². The van der Waals surface area contributed by atoms with Crippen LogP contribution in [-0.4, -0.2) is 38.5 Å². The third kappa shape index (κ3) is 3.59. The molecule has 7 heteroatoms. The first-order valence-corrected chi connectivity index (χ1v) is 9.93. The number of thioether (sulfide) groups is 1. The number of hydrogen-bond donors (Lipinski definition) is 0. The molecule has 1 aliphatic rings. The smallest absolute Gasteiger partial charge is 0.203 e. The van der Waals surface area contributed by atoms with Crippen LogP contribution in [0.25, 0.3) is 0 Å². The first kappa shape index (κ1) is 19.1. The molecule has 0 spiro atoms. The van der Waals surface area contributed by atoms with E-state index in [1.165, 1.54) is 5.56 Å². The summed E-state index contributed by atoms with van der Waals surface area (Å²) in [5.41, 5.74) is 2.14. The van der Waals surface area contributed by atoms with Crippen molar-refractivity contribution in [2.75, 3.05) is 32.0 Å². The fraction of sp³-hybridized carbons (Fsp3) is 0.316. The Kier molecular flexibility index (Phi) is 6.16. The fourth-order valence-corrected chi connectivity index (χ4v) is 4.96. The van der Waals surface area contributed by atoms with Crippen LogP contribution < -0.4 is 19.1 Å². The van der Waals surface area contributed by atoms with E-state index >= 15 is 0 Å². The molecule has 0 saturated carbocycles. The molecule has 3 rings (SSSR count). The minimum Gasteiger partial charge on any atom is -0.493 e. The largest absolute Gasteiger partial charge is 0.493 e. The van der Waals surface area contributed by atoms with E-state index in [0.717, 1.165) is 16.5 Å². The summed E-state index contributed by atoms with van der Waals surface area (Å²) >= 11 is 13.2. The van der Waals surface area contributed by atoms with Gasteiger partial charge in [0.2, 0.25) is 5.75 Å². The van der Waals surface area contributed by atoms with Gasteiger partial charge in [-0.15, -0.1) is 11.8 Å². The number of rotatable bonds is 6. The van der Waals surface area contributed by atoms with Crippen LogP contribution in [0.2, 0.25) is 5.02 Å². The molecule has 26 heavy (non-hydrogen) atoms. The number of hydrogen-bond acceptors (Lipinski definition) is 6. The van der Waals surface area contributed by atoms with Gasteiger partial charge in [-0.25, -0.2) is 0 Å². The van der Waals surface area contributed by atoms with Gasteiger partial charge in [-0.05, 0) is 17.7 Å². The minimum absolute atomic E-state index is 0.124. The highest BCUT2D eigenvalue weighted by molar-refractivity contribution is 8.00. The average Bonchev–Trinajstić information content (AvgIpc) is 3.11. The fourth-order valence-electron chi connectivity index (χ4n) is 3.06. The molecule has 2 aromatic carbocycles. The second kappa shape index (κ2) is 8.37. The van der Waals surface area contributed by atoms with Crippen LogP contribution in [0.15, 0.2) is 36.4 Å². The van der Waals surface area contributed by atoms with Crippen molar-refractivity contribution >= 4 is 46.6 Å². The van der Waals surface area contributed by atoms with E-state index in [-0.39, 0.29) is 11.4 Å². The molecule has 0 aliphatic carbocycles. The number of methoxy groups -OCH3 is 3. The van der Waals surface area contributed by atoms with E-state index in [4.69, 9.17) is 38.0 Å². The zero-order valence-corrected chi connectivity index (χ0v) is 17.2. The van der Waals surface area contributed by atoms with Crippen LogP contribution in [0.5, 0.6) is 17.2 Å². The predicted octanol–water partition coefficient (Wildman–Crippen LogP) is 4.99. The summed E-state index contributed by atoms with van der Waals surface area (Å²) < 4.78 is 16.5. The molecule has 0 aromatic heterocycles. The average molecular weight is 410 g/mol. The number of benzene rings is 2. The van der Waals surface area contributed by atoms with Crippen molar-refractivity contribution in [3.8, 4) is 17.2 Å². The Morgan fingerprint density at radius 1 is 1.08 bits per heavy atom. The van der Waals surface area contributed by atoms with Gasteiger partial charge in [-0.1, -0.05) is 36.0 Å². The number of thiocarbonyl (C=S) groups is 1. The third-order valence-corrected chi connectivity index (χ3v) is 6.21. The summed E-state index contributed by atoms with van der Waals surface area (Å²) in [5, 5.41) is 2.66. The third-order valence-electron chi connectivity index (χ3n) is 4.29. The summed E-state index contributed by atoms with van der Waals surface area (Å²) in [6.45, 7) is 0. The maximum atomic E-state index is 6.05. The lowest BCUT2D eigenvalue weighted by atomic mass is 10.1. The van der Waals surface area contributed by atoms with Gasteiger partial charge in [0.15, 0.2) is 11.5 Å². The zero-order chi connectivity index (χ0) is 18.7. The van der Waals surface area contributed by atoms with E-state index in [9.17, 15) is 0 Å². The minimum atomic E-state index is 0.124. The van der Waals surface area contributed by atoms with Crippen LogP contribution in [0.1, 0.15) is 10.9 Å². The van der Waals surface area contributed by atoms with Crippen molar-refractivity contribution in [2.45, 2.75) is 11.4 Å². The van der Waals surface area contributed by atoms with Gasteiger partial charge in [-0.3, -0.25) is 0 Å². The molecule has 0 bridgehead atoms. The Bertz CT molecular complexity index is 760. The Hall–Kier alpha value is -1.63. The van der Waals surface area contributed by atoms with Gasteiger partial charge >= 0.3 is 0 Å². The molecule has 1 fully saturated rings. The zero-order valence-electron chi connectivity index (χ0n) is 14.8. The van der Waals surface area contributed by atoms with Gasteiger partial charge in [0, 0.05) is 34.0 Å².